The van der Waals surface area contributed by atoms with E-state index in [1.165, 1.54) is 13.3 Å². The van der Waals surface area contributed by atoms with Gasteiger partial charge in [0, 0.05) is 13.1 Å². The number of rotatable bonds is 2. The maximum atomic E-state index is 9.88. The number of β-amino-alcohol motifs (C(OH)–C–C–N with tert-alkyl or cyclic N) is 1. The van der Waals surface area contributed by atoms with Crippen molar-refractivity contribution >= 4 is 17.4 Å². The zero-order chi connectivity index (χ0) is 11.8. The molecule has 1 saturated heterocycles. The lowest BCUT2D eigenvalue weighted by molar-refractivity contribution is 0.0839. The van der Waals surface area contributed by atoms with Gasteiger partial charge in [-0.2, -0.15) is 4.98 Å². The Morgan fingerprint density at radius 3 is 2.94 bits per heavy atom. The van der Waals surface area contributed by atoms with Crippen LogP contribution in [0.15, 0.2) is 6.20 Å². The van der Waals surface area contributed by atoms with Crippen molar-refractivity contribution in [3.8, 4) is 6.01 Å². The zero-order valence-corrected chi connectivity index (χ0v) is 10.0. The quantitative estimate of drug-likeness (QED) is 0.843. The smallest absolute Gasteiger partial charge is 0.318 e. The van der Waals surface area contributed by atoms with E-state index in [4.69, 9.17) is 16.3 Å². The summed E-state index contributed by atoms with van der Waals surface area (Å²) >= 11 is 6.02. The summed E-state index contributed by atoms with van der Waals surface area (Å²) in [6, 6.07) is 0.283. The maximum Gasteiger partial charge on any atom is 0.318 e. The number of methoxy groups -OCH3 is 1. The number of aromatic nitrogens is 2. The van der Waals surface area contributed by atoms with Crippen LogP contribution in [-0.2, 0) is 0 Å². The van der Waals surface area contributed by atoms with E-state index >= 15 is 0 Å². The van der Waals surface area contributed by atoms with Gasteiger partial charge in [0.15, 0.2) is 5.82 Å². The third kappa shape index (κ3) is 2.20. The van der Waals surface area contributed by atoms with Crippen molar-refractivity contribution in [1.29, 1.82) is 0 Å². The summed E-state index contributed by atoms with van der Waals surface area (Å²) in [6.45, 7) is 3.05. The topological polar surface area (TPSA) is 58.5 Å². The maximum absolute atomic E-state index is 9.88. The average molecular weight is 244 g/mol. The van der Waals surface area contributed by atoms with Gasteiger partial charge < -0.3 is 14.7 Å². The molecule has 1 unspecified atom stereocenters. The van der Waals surface area contributed by atoms with Crippen LogP contribution in [0.25, 0.3) is 0 Å². The van der Waals surface area contributed by atoms with Gasteiger partial charge in [-0.05, 0) is 13.3 Å². The Morgan fingerprint density at radius 1 is 1.62 bits per heavy atom. The summed E-state index contributed by atoms with van der Waals surface area (Å²) in [5.74, 6) is 0.617. The third-order valence-electron chi connectivity index (χ3n) is 2.64. The summed E-state index contributed by atoms with van der Waals surface area (Å²) in [5, 5.41) is 10.4. The summed E-state index contributed by atoms with van der Waals surface area (Å²) in [5.41, 5.74) is -0.679. The second-order valence-electron chi connectivity index (χ2n) is 4.20. The van der Waals surface area contributed by atoms with Crippen LogP contribution in [-0.4, -0.2) is 40.9 Å². The molecular formula is C10H14ClN3O2. The minimum Gasteiger partial charge on any atom is -0.467 e. The van der Waals surface area contributed by atoms with Crippen molar-refractivity contribution in [2.45, 2.75) is 18.9 Å². The highest BCUT2D eigenvalue weighted by Gasteiger charge is 2.33. The minimum atomic E-state index is -0.679. The number of hydrogen-bond donors (Lipinski definition) is 1. The second-order valence-corrected chi connectivity index (χ2v) is 4.60. The van der Waals surface area contributed by atoms with E-state index in [-0.39, 0.29) is 6.01 Å². The summed E-state index contributed by atoms with van der Waals surface area (Å²) in [7, 11) is 1.51. The molecule has 16 heavy (non-hydrogen) atoms. The van der Waals surface area contributed by atoms with E-state index in [1.54, 1.807) is 6.92 Å². The van der Waals surface area contributed by atoms with E-state index < -0.39 is 5.60 Å². The molecule has 1 aliphatic rings. The molecule has 2 heterocycles. The molecule has 0 radical (unpaired) electrons. The van der Waals surface area contributed by atoms with Crippen LogP contribution in [0.4, 0.5) is 5.82 Å². The molecule has 6 heteroatoms. The number of nitrogens with zero attached hydrogens (tertiary/aromatic N) is 3. The van der Waals surface area contributed by atoms with Gasteiger partial charge >= 0.3 is 6.01 Å². The fraction of sp³-hybridized carbons (Fsp3) is 0.600. The van der Waals surface area contributed by atoms with E-state index in [1.807, 2.05) is 4.90 Å². The highest BCUT2D eigenvalue weighted by atomic mass is 35.5. The van der Waals surface area contributed by atoms with Gasteiger partial charge in [-0.1, -0.05) is 11.6 Å². The fourth-order valence-corrected chi connectivity index (χ4v) is 2.00. The lowest BCUT2D eigenvalue weighted by atomic mass is 10.1. The Morgan fingerprint density at radius 2 is 2.38 bits per heavy atom. The van der Waals surface area contributed by atoms with Gasteiger partial charge in [0.1, 0.15) is 5.02 Å². The summed E-state index contributed by atoms with van der Waals surface area (Å²) < 4.78 is 4.95. The van der Waals surface area contributed by atoms with Crippen LogP contribution in [0.3, 0.4) is 0 Å². The van der Waals surface area contributed by atoms with Crippen molar-refractivity contribution in [2.24, 2.45) is 0 Å². The number of halogens is 1. The van der Waals surface area contributed by atoms with E-state index in [2.05, 4.69) is 9.97 Å². The first-order valence-electron chi connectivity index (χ1n) is 5.06. The normalized spacial score (nSPS) is 24.9. The van der Waals surface area contributed by atoms with Gasteiger partial charge in [0.25, 0.3) is 0 Å². The molecule has 1 aromatic heterocycles. The minimum absolute atomic E-state index is 0.283. The van der Waals surface area contributed by atoms with Crippen molar-refractivity contribution in [1.82, 2.24) is 9.97 Å². The summed E-state index contributed by atoms with van der Waals surface area (Å²) in [4.78, 5) is 10.0. The molecule has 0 amide bonds. The molecule has 1 fully saturated rings. The van der Waals surface area contributed by atoms with Crippen LogP contribution in [0.2, 0.25) is 5.02 Å². The first-order chi connectivity index (χ1) is 7.52. The monoisotopic (exact) mass is 243 g/mol. The Balaban J connectivity index is 2.27. The van der Waals surface area contributed by atoms with Crippen LogP contribution in [0.1, 0.15) is 13.3 Å². The SMILES string of the molecule is COc1ncc(Cl)c(N2CCC(C)(O)C2)n1. The summed E-state index contributed by atoms with van der Waals surface area (Å²) in [6.07, 6.45) is 2.21. The molecule has 1 aliphatic heterocycles. The molecule has 5 nitrogen and oxygen atoms in total. The van der Waals surface area contributed by atoms with Crippen molar-refractivity contribution < 1.29 is 9.84 Å². The predicted octanol–water partition coefficient (Wildman–Crippen LogP) is 1.10. The lowest BCUT2D eigenvalue weighted by Gasteiger charge is -2.20. The highest BCUT2D eigenvalue weighted by Crippen LogP contribution is 2.30. The molecule has 2 rings (SSSR count). The molecule has 1 N–H and O–H groups in total. The van der Waals surface area contributed by atoms with Crippen molar-refractivity contribution in [3.05, 3.63) is 11.2 Å². The van der Waals surface area contributed by atoms with E-state index in [9.17, 15) is 5.11 Å². The van der Waals surface area contributed by atoms with Crippen LogP contribution < -0.4 is 9.64 Å². The second kappa shape index (κ2) is 4.07. The molecule has 0 aliphatic carbocycles. The van der Waals surface area contributed by atoms with Crippen LogP contribution in [0, 0.1) is 0 Å². The average Bonchev–Trinajstić information content (AvgIpc) is 2.59. The Labute approximate surface area is 99.0 Å². The van der Waals surface area contributed by atoms with Gasteiger partial charge in [-0.25, -0.2) is 4.98 Å². The Bertz CT molecular complexity index is 398. The standard InChI is InChI=1S/C10H14ClN3O2/c1-10(15)3-4-14(6-10)8-7(11)5-12-9(13-8)16-2/h5,15H,3-4,6H2,1-2H3. The Hall–Kier alpha value is -1.07. The molecule has 1 aromatic rings. The number of anilines is 1. The molecule has 88 valence electrons. The van der Waals surface area contributed by atoms with Gasteiger partial charge in [-0.15, -0.1) is 0 Å². The molecule has 0 aromatic carbocycles. The lowest BCUT2D eigenvalue weighted by Crippen LogP contribution is -2.30. The molecular weight excluding hydrogens is 230 g/mol. The predicted molar refractivity (Wildman–Crippen MR) is 61.0 cm³/mol. The molecule has 0 spiro atoms. The van der Waals surface area contributed by atoms with E-state index in [0.29, 0.717) is 23.8 Å². The third-order valence-corrected chi connectivity index (χ3v) is 2.90. The van der Waals surface area contributed by atoms with Gasteiger partial charge in [-0.3, -0.25) is 0 Å². The Kier molecular flexibility index (Phi) is 2.90. The van der Waals surface area contributed by atoms with E-state index in [0.717, 1.165) is 6.54 Å². The number of hydrogen-bond acceptors (Lipinski definition) is 5. The number of aliphatic hydroxyl groups is 1. The van der Waals surface area contributed by atoms with Gasteiger partial charge in [0.2, 0.25) is 0 Å². The van der Waals surface area contributed by atoms with Crippen LogP contribution >= 0.6 is 11.6 Å². The number of ether oxygens (including phenoxy) is 1. The molecule has 0 bridgehead atoms. The molecule has 1 atom stereocenters. The van der Waals surface area contributed by atoms with Crippen molar-refractivity contribution in [2.75, 3.05) is 25.1 Å². The van der Waals surface area contributed by atoms with Gasteiger partial charge in [0.05, 0.1) is 18.9 Å². The first kappa shape index (κ1) is 11.4. The van der Waals surface area contributed by atoms with Crippen molar-refractivity contribution in [3.63, 3.8) is 0 Å². The fourth-order valence-electron chi connectivity index (χ4n) is 1.79. The zero-order valence-electron chi connectivity index (χ0n) is 9.27. The highest BCUT2D eigenvalue weighted by molar-refractivity contribution is 6.32. The largest absolute Gasteiger partial charge is 0.467 e. The molecule has 0 saturated carbocycles. The van der Waals surface area contributed by atoms with Crippen LogP contribution in [0.5, 0.6) is 6.01 Å². The first-order valence-corrected chi connectivity index (χ1v) is 5.43.